The Bertz CT molecular complexity index is 466. The topological polar surface area (TPSA) is 44.6 Å². The van der Waals surface area contributed by atoms with Crippen molar-refractivity contribution in [2.75, 3.05) is 47.8 Å². The summed E-state index contributed by atoms with van der Waals surface area (Å²) in [6, 6.07) is 2.54. The summed E-state index contributed by atoms with van der Waals surface area (Å²) in [4.78, 5) is 18.5. The summed E-state index contributed by atoms with van der Waals surface area (Å²) in [5, 5.41) is 4.36. The molecule has 0 bridgehead atoms. The molecule has 0 radical (unpaired) electrons. The summed E-state index contributed by atoms with van der Waals surface area (Å²) >= 11 is 0. The molecule has 6 nitrogen and oxygen atoms in total. The zero-order valence-corrected chi connectivity index (χ0v) is 13.6. The third-order valence-corrected chi connectivity index (χ3v) is 3.94. The first-order valence-corrected chi connectivity index (χ1v) is 7.61. The molecule has 1 heterocycles. The number of nitrogens with zero attached hydrogens (tertiary/aromatic N) is 5. The van der Waals surface area contributed by atoms with Gasteiger partial charge >= 0.3 is 0 Å². The molecule has 6 heteroatoms. The van der Waals surface area contributed by atoms with Gasteiger partial charge in [0.2, 0.25) is 0 Å². The average Bonchev–Trinajstić information content (AvgIpc) is 3.20. The molecule has 1 aromatic rings. The Kier molecular flexibility index (Phi) is 5.36. The Balaban J connectivity index is 1.80. The van der Waals surface area contributed by atoms with Crippen LogP contribution in [0, 0.1) is 0 Å². The van der Waals surface area contributed by atoms with Gasteiger partial charge in [-0.3, -0.25) is 9.48 Å². The Labute approximate surface area is 127 Å². The maximum absolute atomic E-state index is 12.3. The van der Waals surface area contributed by atoms with E-state index in [0.717, 1.165) is 32.2 Å². The summed E-state index contributed by atoms with van der Waals surface area (Å²) in [6.45, 7) is 3.39. The zero-order chi connectivity index (χ0) is 15.4. The van der Waals surface area contributed by atoms with Crippen molar-refractivity contribution in [3.63, 3.8) is 0 Å². The summed E-state index contributed by atoms with van der Waals surface area (Å²) < 4.78 is 1.83. The zero-order valence-electron chi connectivity index (χ0n) is 13.6. The maximum atomic E-state index is 12.3. The fourth-order valence-corrected chi connectivity index (χ4v) is 2.21. The Morgan fingerprint density at radius 1 is 1.24 bits per heavy atom. The van der Waals surface area contributed by atoms with Crippen LogP contribution in [0.3, 0.4) is 0 Å². The molecule has 0 aromatic carbocycles. The number of carbonyl (C=O) groups excluding carboxylic acids is 1. The molecule has 0 N–H and O–H groups in total. The molecule has 2 rings (SSSR count). The average molecular weight is 293 g/mol. The predicted molar refractivity (Wildman–Crippen MR) is 83.4 cm³/mol. The SMILES string of the molecule is CN(C)CCn1ccc(C(=O)N(C)CCN(C)C2CC2)n1. The van der Waals surface area contributed by atoms with Crippen molar-refractivity contribution in [2.45, 2.75) is 25.4 Å². The molecule has 1 saturated carbocycles. The molecule has 1 aliphatic rings. The minimum atomic E-state index is 0.00259. The molecule has 1 aromatic heterocycles. The van der Waals surface area contributed by atoms with Gasteiger partial charge in [-0.15, -0.1) is 0 Å². The van der Waals surface area contributed by atoms with Crippen LogP contribution in [0.1, 0.15) is 23.3 Å². The van der Waals surface area contributed by atoms with E-state index in [1.807, 2.05) is 32.0 Å². The van der Waals surface area contributed by atoms with Crippen molar-refractivity contribution >= 4 is 5.91 Å². The van der Waals surface area contributed by atoms with Crippen molar-refractivity contribution in [3.8, 4) is 0 Å². The molecule has 118 valence electrons. The van der Waals surface area contributed by atoms with Gasteiger partial charge in [-0.2, -0.15) is 5.10 Å². The lowest BCUT2D eigenvalue weighted by atomic mass is 10.3. The van der Waals surface area contributed by atoms with Crippen LogP contribution in [0.15, 0.2) is 12.3 Å². The quantitative estimate of drug-likeness (QED) is 0.704. The second-order valence-corrected chi connectivity index (χ2v) is 6.21. The minimum absolute atomic E-state index is 0.00259. The van der Waals surface area contributed by atoms with E-state index in [9.17, 15) is 4.79 Å². The molecule has 0 saturated heterocycles. The Morgan fingerprint density at radius 3 is 2.57 bits per heavy atom. The highest BCUT2D eigenvalue weighted by Crippen LogP contribution is 2.24. The van der Waals surface area contributed by atoms with Gasteiger partial charge in [-0.25, -0.2) is 0 Å². The van der Waals surface area contributed by atoms with Gasteiger partial charge in [0.15, 0.2) is 0 Å². The van der Waals surface area contributed by atoms with Crippen LogP contribution in [0.4, 0.5) is 0 Å². The van der Waals surface area contributed by atoms with Gasteiger partial charge in [0.25, 0.3) is 5.91 Å². The number of aromatic nitrogens is 2. The summed E-state index contributed by atoms with van der Waals surface area (Å²) in [5.41, 5.74) is 0.533. The maximum Gasteiger partial charge on any atom is 0.274 e. The van der Waals surface area contributed by atoms with Gasteiger partial charge < -0.3 is 14.7 Å². The first-order valence-electron chi connectivity index (χ1n) is 7.61. The van der Waals surface area contributed by atoms with Crippen molar-refractivity contribution in [2.24, 2.45) is 0 Å². The molecule has 1 aliphatic carbocycles. The molecular weight excluding hydrogens is 266 g/mol. The van der Waals surface area contributed by atoms with E-state index < -0.39 is 0 Å². The fraction of sp³-hybridized carbons (Fsp3) is 0.733. The highest BCUT2D eigenvalue weighted by atomic mass is 16.2. The summed E-state index contributed by atoms with van der Waals surface area (Å²) in [6.07, 6.45) is 4.47. The highest BCUT2D eigenvalue weighted by Gasteiger charge is 2.26. The molecule has 1 fully saturated rings. The second-order valence-electron chi connectivity index (χ2n) is 6.21. The van der Waals surface area contributed by atoms with Crippen LogP contribution >= 0.6 is 0 Å². The van der Waals surface area contributed by atoms with Gasteiger partial charge in [-0.1, -0.05) is 0 Å². The lowest BCUT2D eigenvalue weighted by Gasteiger charge is -2.21. The van der Waals surface area contributed by atoms with E-state index in [0.29, 0.717) is 5.69 Å². The number of rotatable bonds is 8. The summed E-state index contributed by atoms with van der Waals surface area (Å²) in [7, 11) is 8.04. The molecule has 0 atom stereocenters. The van der Waals surface area contributed by atoms with Crippen molar-refractivity contribution in [1.82, 2.24) is 24.5 Å². The Morgan fingerprint density at radius 2 is 1.95 bits per heavy atom. The van der Waals surface area contributed by atoms with Crippen molar-refractivity contribution in [3.05, 3.63) is 18.0 Å². The number of hydrogen-bond acceptors (Lipinski definition) is 4. The molecule has 0 unspecified atom stereocenters. The molecular formula is C15H27N5O. The first-order chi connectivity index (χ1) is 9.97. The van der Waals surface area contributed by atoms with Gasteiger partial charge in [0.05, 0.1) is 6.54 Å². The number of carbonyl (C=O) groups is 1. The predicted octanol–water partition coefficient (Wildman–Crippen LogP) is 0.611. The normalized spacial score (nSPS) is 15.0. The summed E-state index contributed by atoms with van der Waals surface area (Å²) in [5.74, 6) is 0.00259. The van der Waals surface area contributed by atoms with Crippen LogP contribution < -0.4 is 0 Å². The van der Waals surface area contributed by atoms with Gasteiger partial charge in [0, 0.05) is 38.9 Å². The molecule has 21 heavy (non-hydrogen) atoms. The number of hydrogen-bond donors (Lipinski definition) is 0. The number of likely N-dealkylation sites (N-methyl/N-ethyl adjacent to an activating group) is 3. The van der Waals surface area contributed by atoms with E-state index in [2.05, 4.69) is 21.9 Å². The van der Waals surface area contributed by atoms with Crippen molar-refractivity contribution in [1.29, 1.82) is 0 Å². The van der Waals surface area contributed by atoms with Gasteiger partial charge in [0.1, 0.15) is 5.69 Å². The smallest absolute Gasteiger partial charge is 0.274 e. The fourth-order valence-electron chi connectivity index (χ4n) is 2.21. The first kappa shape index (κ1) is 16.0. The number of amides is 1. The molecule has 0 aliphatic heterocycles. The van der Waals surface area contributed by atoms with Crippen LogP contribution in [0.5, 0.6) is 0 Å². The second kappa shape index (κ2) is 7.04. The monoisotopic (exact) mass is 293 g/mol. The van der Waals surface area contributed by atoms with E-state index in [4.69, 9.17) is 0 Å². The van der Waals surface area contributed by atoms with E-state index in [-0.39, 0.29) is 5.91 Å². The van der Waals surface area contributed by atoms with Gasteiger partial charge in [-0.05, 0) is 40.1 Å². The standard InChI is InChI=1S/C15H27N5O/c1-17(2)9-12-20-8-7-14(16-20)15(21)19(4)11-10-18(3)13-5-6-13/h7-8,13H,5-6,9-12H2,1-4H3. The van der Waals surface area contributed by atoms with Crippen LogP contribution in [-0.4, -0.2) is 84.3 Å². The largest absolute Gasteiger partial charge is 0.339 e. The van der Waals surface area contributed by atoms with E-state index in [1.54, 1.807) is 11.0 Å². The van der Waals surface area contributed by atoms with Crippen LogP contribution in [-0.2, 0) is 6.54 Å². The molecule has 1 amide bonds. The lowest BCUT2D eigenvalue weighted by Crippen LogP contribution is -2.35. The van der Waals surface area contributed by atoms with Crippen LogP contribution in [0.2, 0.25) is 0 Å². The van der Waals surface area contributed by atoms with Crippen LogP contribution in [0.25, 0.3) is 0 Å². The molecule has 0 spiro atoms. The minimum Gasteiger partial charge on any atom is -0.339 e. The van der Waals surface area contributed by atoms with Crippen molar-refractivity contribution < 1.29 is 4.79 Å². The third-order valence-electron chi connectivity index (χ3n) is 3.94. The lowest BCUT2D eigenvalue weighted by molar-refractivity contribution is 0.0774. The van der Waals surface area contributed by atoms with E-state index >= 15 is 0 Å². The third kappa shape index (κ3) is 4.82. The van der Waals surface area contributed by atoms with E-state index in [1.165, 1.54) is 12.8 Å². The Hall–Kier alpha value is -1.40. The highest BCUT2D eigenvalue weighted by molar-refractivity contribution is 5.91.